The van der Waals surface area contributed by atoms with Crippen LogP contribution in [0.4, 0.5) is 4.53 Å². The minimum absolute atomic E-state index is 0.102. The number of carbonyl (C=O) groups is 1. The fourth-order valence-electron chi connectivity index (χ4n) is 3.27. The Hall–Kier alpha value is -2.68. The Kier molecular flexibility index (Phi) is 14.6. The van der Waals surface area contributed by atoms with Gasteiger partial charge in [-0.15, -0.1) is 0 Å². The number of nitrogens with zero attached hydrogens (tertiary/aromatic N) is 2. The molecule has 35 heavy (non-hydrogen) atoms. The molecule has 9 heteroatoms. The van der Waals surface area contributed by atoms with Crippen LogP contribution in [0.2, 0.25) is 5.02 Å². The van der Waals surface area contributed by atoms with E-state index in [2.05, 4.69) is 28.4 Å². The van der Waals surface area contributed by atoms with Crippen LogP contribution in [0, 0.1) is 0 Å². The molecule has 1 unspecified atom stereocenters. The molecule has 0 spiro atoms. The van der Waals surface area contributed by atoms with Crippen LogP contribution in [-0.4, -0.2) is 41.6 Å². The second kappa shape index (κ2) is 16.9. The van der Waals surface area contributed by atoms with Gasteiger partial charge in [-0.1, -0.05) is 37.3 Å². The van der Waals surface area contributed by atoms with Crippen molar-refractivity contribution < 1.29 is 23.7 Å². The predicted octanol–water partition coefficient (Wildman–Crippen LogP) is 6.27. The van der Waals surface area contributed by atoms with Gasteiger partial charge in [0, 0.05) is 25.2 Å². The van der Waals surface area contributed by atoms with Gasteiger partial charge in [-0.2, -0.15) is 9.93 Å². The van der Waals surface area contributed by atoms with E-state index in [1.54, 1.807) is 31.3 Å². The highest BCUT2D eigenvalue weighted by atomic mass is 35.5. The van der Waals surface area contributed by atoms with Crippen molar-refractivity contribution in [2.45, 2.75) is 58.1 Å². The van der Waals surface area contributed by atoms with E-state index in [0.717, 1.165) is 30.2 Å². The summed E-state index contributed by atoms with van der Waals surface area (Å²) in [5.41, 5.74) is 1.59. The number of aromatic nitrogens is 2. The summed E-state index contributed by atoms with van der Waals surface area (Å²) in [6.45, 7) is 10.8. The number of aryl methyl sites for hydroxylation is 1. The summed E-state index contributed by atoms with van der Waals surface area (Å²) in [6.07, 6.45) is 11.9. The van der Waals surface area contributed by atoms with Crippen LogP contribution in [0.15, 0.2) is 49.3 Å². The first kappa shape index (κ1) is 30.4. The van der Waals surface area contributed by atoms with E-state index < -0.39 is 0 Å². The van der Waals surface area contributed by atoms with E-state index in [0.29, 0.717) is 22.5 Å². The number of likely N-dealkylation sites (N-methyl/N-ethyl adjacent to an activating group) is 1. The van der Waals surface area contributed by atoms with Crippen molar-refractivity contribution in [3.05, 3.63) is 54.3 Å². The van der Waals surface area contributed by atoms with Gasteiger partial charge in [-0.05, 0) is 63.3 Å². The molecule has 1 aromatic carbocycles. The Morgan fingerprint density at radius 3 is 2.51 bits per heavy atom. The van der Waals surface area contributed by atoms with Crippen molar-refractivity contribution in [1.82, 2.24) is 14.9 Å². The average molecular weight is 510 g/mol. The number of imidazole rings is 1. The molecule has 1 N–H and O–H groups in total. The van der Waals surface area contributed by atoms with Gasteiger partial charge in [-0.3, -0.25) is 4.57 Å². The molecular formula is C26H37ClFN3O4. The van der Waals surface area contributed by atoms with E-state index in [1.165, 1.54) is 26.2 Å². The molecule has 7 nitrogen and oxygen atoms in total. The van der Waals surface area contributed by atoms with Crippen molar-refractivity contribution >= 4 is 28.9 Å². The summed E-state index contributed by atoms with van der Waals surface area (Å²) in [5, 5.41) is 3.33. The molecule has 3 rings (SSSR count). The number of rotatable bonds is 9. The molecule has 0 aliphatic heterocycles. The zero-order chi connectivity index (χ0) is 26.2. The van der Waals surface area contributed by atoms with Crippen molar-refractivity contribution in [1.29, 1.82) is 0 Å². The van der Waals surface area contributed by atoms with Gasteiger partial charge in [0.05, 0.1) is 10.5 Å². The number of benzene rings is 1. The van der Waals surface area contributed by atoms with Crippen LogP contribution in [0.25, 0.3) is 11.0 Å². The van der Waals surface area contributed by atoms with Gasteiger partial charge >= 0.3 is 0 Å². The van der Waals surface area contributed by atoms with Crippen LogP contribution < -0.4 is 14.8 Å². The highest BCUT2D eigenvalue weighted by Gasteiger charge is 2.20. The Balaban J connectivity index is 0.000000521. The average Bonchev–Trinajstić information content (AvgIpc) is 3.16. The Morgan fingerprint density at radius 2 is 2.00 bits per heavy atom. The summed E-state index contributed by atoms with van der Waals surface area (Å²) >= 11 is 6.42. The van der Waals surface area contributed by atoms with Gasteiger partial charge in [0.25, 0.3) is 6.01 Å². The second-order valence-electron chi connectivity index (χ2n) is 7.92. The molecule has 0 radical (unpaired) electrons. The van der Waals surface area contributed by atoms with Crippen molar-refractivity contribution in [3.8, 4) is 11.8 Å². The third kappa shape index (κ3) is 10.2. The summed E-state index contributed by atoms with van der Waals surface area (Å²) in [5.74, 6) is 1.23. The molecule has 1 aliphatic carbocycles. The van der Waals surface area contributed by atoms with E-state index in [9.17, 15) is 4.53 Å². The molecule has 0 amide bonds. The van der Waals surface area contributed by atoms with Crippen LogP contribution in [0.5, 0.6) is 11.8 Å². The minimum atomic E-state index is 0.102. The molecule has 1 aromatic heterocycles. The molecular weight excluding hydrogens is 473 g/mol. The number of hydrogen-bond donors (Lipinski definition) is 1. The molecule has 1 heterocycles. The summed E-state index contributed by atoms with van der Waals surface area (Å²) in [6, 6.07) is 4.36. The number of nitrogens with one attached hydrogen (secondary N) is 1. The first-order valence-corrected chi connectivity index (χ1v) is 12.0. The fourth-order valence-corrected chi connectivity index (χ4v) is 3.52. The quantitative estimate of drug-likeness (QED) is 0.244. The largest absolute Gasteiger partial charge is 0.461 e. The van der Waals surface area contributed by atoms with Crippen molar-refractivity contribution in [3.63, 3.8) is 0 Å². The molecule has 1 fully saturated rings. The van der Waals surface area contributed by atoms with E-state index >= 15 is 0 Å². The lowest BCUT2D eigenvalue weighted by atomic mass is 9.98. The number of carbonyl (C=O) groups excluding carboxylic acids is 1. The lowest BCUT2D eigenvalue weighted by Crippen LogP contribution is -2.25. The number of halogens is 2. The smallest absolute Gasteiger partial charge is 0.297 e. The molecule has 0 bridgehead atoms. The maximum atomic E-state index is 10.9. The SMILES string of the molecule is C=C/C=C(\C=C)Oc1cc(Cl)c2nc(OC3CCCCC3)n(C)c2c1.CC=O.CNC(C)COF. The van der Waals surface area contributed by atoms with Gasteiger partial charge in [0.2, 0.25) is 0 Å². The number of allylic oxidation sites excluding steroid dienone is 3. The molecule has 1 aliphatic rings. The summed E-state index contributed by atoms with van der Waals surface area (Å²) < 4.78 is 24.7. The Bertz CT molecular complexity index is 971. The van der Waals surface area contributed by atoms with Crippen LogP contribution in [-0.2, 0) is 16.8 Å². The lowest BCUT2D eigenvalue weighted by Gasteiger charge is -2.22. The Labute approximate surface area is 212 Å². The first-order chi connectivity index (χ1) is 16.8. The molecule has 1 atom stereocenters. The Morgan fingerprint density at radius 1 is 1.34 bits per heavy atom. The maximum Gasteiger partial charge on any atom is 0.297 e. The first-order valence-electron chi connectivity index (χ1n) is 11.6. The zero-order valence-corrected chi connectivity index (χ0v) is 21.8. The predicted molar refractivity (Wildman–Crippen MR) is 140 cm³/mol. The number of ether oxygens (including phenoxy) is 2. The highest BCUT2D eigenvalue weighted by molar-refractivity contribution is 6.35. The van der Waals surface area contributed by atoms with Crippen LogP contribution >= 0.6 is 11.6 Å². The topological polar surface area (TPSA) is 74.6 Å². The van der Waals surface area contributed by atoms with Crippen molar-refractivity contribution in [2.75, 3.05) is 13.7 Å². The normalized spacial score (nSPS) is 14.6. The van der Waals surface area contributed by atoms with E-state index in [-0.39, 0.29) is 18.8 Å². The van der Waals surface area contributed by atoms with E-state index in [4.69, 9.17) is 25.9 Å². The number of hydrogen-bond acceptors (Lipinski definition) is 6. The molecule has 1 saturated carbocycles. The van der Waals surface area contributed by atoms with Gasteiger partial charge in [0.15, 0.2) is 0 Å². The minimum Gasteiger partial charge on any atom is -0.461 e. The fraction of sp³-hybridized carbons (Fsp3) is 0.462. The molecule has 2 aromatic rings. The maximum absolute atomic E-state index is 10.9. The second-order valence-corrected chi connectivity index (χ2v) is 8.32. The van der Waals surface area contributed by atoms with Gasteiger partial charge < -0.3 is 19.6 Å². The number of fused-ring (bicyclic) bond motifs is 1. The summed E-state index contributed by atoms with van der Waals surface area (Å²) in [7, 11) is 3.69. The van der Waals surface area contributed by atoms with E-state index in [1.807, 2.05) is 24.6 Å². The van der Waals surface area contributed by atoms with Gasteiger partial charge in [0.1, 0.15) is 36.0 Å². The third-order valence-corrected chi connectivity index (χ3v) is 5.51. The van der Waals surface area contributed by atoms with Crippen LogP contribution in [0.1, 0.15) is 46.0 Å². The van der Waals surface area contributed by atoms with Gasteiger partial charge in [-0.25, -0.2) is 0 Å². The molecule has 194 valence electrons. The van der Waals surface area contributed by atoms with Crippen LogP contribution in [0.3, 0.4) is 0 Å². The summed E-state index contributed by atoms with van der Waals surface area (Å²) in [4.78, 5) is 16.7. The highest BCUT2D eigenvalue weighted by Crippen LogP contribution is 2.33. The lowest BCUT2D eigenvalue weighted by molar-refractivity contribution is -0.137. The number of aldehydes is 1. The third-order valence-electron chi connectivity index (χ3n) is 5.22. The zero-order valence-electron chi connectivity index (χ0n) is 21.1. The molecule has 0 saturated heterocycles. The van der Waals surface area contributed by atoms with Crippen molar-refractivity contribution in [2.24, 2.45) is 7.05 Å². The monoisotopic (exact) mass is 509 g/mol. The standard InChI is InChI=1S/C20H23ClN2O2.C4H10FNO.C2H4O/c1-4-9-14(5-2)24-16-12-17(21)19-18(13-16)23(3)20(22-19)25-15-10-7-6-8-11-15;1-4(6-2)3-7-5;1-2-3/h4-5,9,12-13,15H,1-2,6-8,10-11H2,3H3;4,6H,3H2,1-2H3;2H,1H3/b14-9+;;.